The third kappa shape index (κ3) is 3.29. The molecule has 21 heavy (non-hydrogen) atoms. The summed E-state index contributed by atoms with van der Waals surface area (Å²) in [5.41, 5.74) is 6.10. The van der Waals surface area contributed by atoms with Gasteiger partial charge in [0.25, 0.3) is 0 Å². The first-order chi connectivity index (χ1) is 10.3. The Morgan fingerprint density at radius 2 is 1.81 bits per heavy atom. The second kappa shape index (κ2) is 6.61. The number of benzene rings is 2. The van der Waals surface area contributed by atoms with Crippen LogP contribution in [0.25, 0.3) is 11.1 Å². The van der Waals surface area contributed by atoms with Gasteiger partial charge in [-0.05, 0) is 52.9 Å². The smallest absolute Gasteiger partial charge is 0.0725 e. The van der Waals surface area contributed by atoms with Gasteiger partial charge in [-0.2, -0.15) is 0 Å². The summed E-state index contributed by atoms with van der Waals surface area (Å²) < 4.78 is 5.47. The molecule has 110 valence electrons. The van der Waals surface area contributed by atoms with E-state index in [0.717, 1.165) is 48.9 Å². The van der Waals surface area contributed by atoms with E-state index in [1.165, 1.54) is 16.7 Å². The first-order valence-corrected chi connectivity index (χ1v) is 7.85. The number of rotatable bonds is 5. The monoisotopic (exact) mass is 301 g/mol. The Labute approximate surface area is 131 Å². The molecule has 2 aromatic rings. The largest absolute Gasteiger partial charge is 0.372 e. The van der Waals surface area contributed by atoms with Crippen LogP contribution in [0.15, 0.2) is 36.4 Å². The van der Waals surface area contributed by atoms with Gasteiger partial charge in [0.15, 0.2) is 0 Å². The second-order valence-corrected chi connectivity index (χ2v) is 5.87. The fourth-order valence-electron chi connectivity index (χ4n) is 2.62. The molecule has 0 amide bonds. The number of ether oxygens (including phenoxy) is 1. The van der Waals surface area contributed by atoms with Crippen LogP contribution in [-0.4, -0.2) is 6.54 Å². The zero-order chi connectivity index (χ0) is 14.7. The molecule has 0 saturated heterocycles. The van der Waals surface area contributed by atoms with Crippen LogP contribution in [0.4, 0.5) is 0 Å². The molecule has 1 aliphatic rings. The van der Waals surface area contributed by atoms with E-state index in [9.17, 15) is 0 Å². The van der Waals surface area contributed by atoms with Crippen molar-refractivity contribution in [3.63, 3.8) is 0 Å². The zero-order valence-electron chi connectivity index (χ0n) is 12.3. The van der Waals surface area contributed by atoms with Gasteiger partial charge in [0.05, 0.1) is 13.2 Å². The van der Waals surface area contributed by atoms with E-state index in [1.54, 1.807) is 0 Å². The molecule has 0 spiro atoms. The molecular weight excluding hydrogens is 282 g/mol. The fraction of sp³-hybridized carbons (Fsp3) is 0.333. The van der Waals surface area contributed by atoms with Crippen molar-refractivity contribution in [2.75, 3.05) is 6.54 Å². The highest BCUT2D eigenvalue weighted by atomic mass is 35.5. The fourth-order valence-corrected chi connectivity index (χ4v) is 2.87. The Morgan fingerprint density at radius 1 is 1.05 bits per heavy atom. The molecule has 1 aliphatic heterocycles. The third-order valence-electron chi connectivity index (χ3n) is 3.85. The van der Waals surface area contributed by atoms with Crippen LogP contribution in [0.5, 0.6) is 0 Å². The van der Waals surface area contributed by atoms with Crippen LogP contribution >= 0.6 is 11.6 Å². The van der Waals surface area contributed by atoms with E-state index in [-0.39, 0.29) is 0 Å². The lowest BCUT2D eigenvalue weighted by atomic mass is 9.99. The Morgan fingerprint density at radius 3 is 2.62 bits per heavy atom. The molecule has 3 heteroatoms. The molecular formula is C18H20ClNO. The number of hydrogen-bond donors (Lipinski definition) is 1. The first kappa shape index (κ1) is 14.6. The van der Waals surface area contributed by atoms with Crippen molar-refractivity contribution in [2.45, 2.75) is 33.1 Å². The molecule has 0 aromatic heterocycles. The lowest BCUT2D eigenvalue weighted by molar-refractivity contribution is 0.134. The SMILES string of the molecule is CCCNCc1ccc(-c2ccc3c(c2)COC3)cc1Cl. The van der Waals surface area contributed by atoms with E-state index in [1.807, 2.05) is 0 Å². The summed E-state index contributed by atoms with van der Waals surface area (Å²) >= 11 is 6.41. The van der Waals surface area contributed by atoms with Crippen LogP contribution in [-0.2, 0) is 24.5 Å². The summed E-state index contributed by atoms with van der Waals surface area (Å²) in [6.07, 6.45) is 1.13. The van der Waals surface area contributed by atoms with Crippen molar-refractivity contribution in [3.8, 4) is 11.1 Å². The van der Waals surface area contributed by atoms with E-state index in [4.69, 9.17) is 16.3 Å². The lowest BCUT2D eigenvalue weighted by Gasteiger charge is -2.09. The average molecular weight is 302 g/mol. The van der Waals surface area contributed by atoms with E-state index < -0.39 is 0 Å². The van der Waals surface area contributed by atoms with Gasteiger partial charge < -0.3 is 10.1 Å². The quantitative estimate of drug-likeness (QED) is 0.819. The van der Waals surface area contributed by atoms with Gasteiger partial charge >= 0.3 is 0 Å². The molecule has 3 rings (SSSR count). The van der Waals surface area contributed by atoms with Crippen molar-refractivity contribution < 1.29 is 4.74 Å². The molecule has 0 saturated carbocycles. The molecule has 1 N–H and O–H groups in total. The number of halogens is 1. The first-order valence-electron chi connectivity index (χ1n) is 7.47. The molecule has 2 aromatic carbocycles. The van der Waals surface area contributed by atoms with Gasteiger partial charge in [-0.25, -0.2) is 0 Å². The van der Waals surface area contributed by atoms with Gasteiger partial charge in [-0.15, -0.1) is 0 Å². The zero-order valence-corrected chi connectivity index (χ0v) is 13.0. The predicted octanol–water partition coefficient (Wildman–Crippen LogP) is 4.54. The normalized spacial score (nSPS) is 13.4. The Hall–Kier alpha value is -1.35. The molecule has 2 nitrogen and oxygen atoms in total. The lowest BCUT2D eigenvalue weighted by Crippen LogP contribution is -2.13. The molecule has 0 unspecified atom stereocenters. The number of fused-ring (bicyclic) bond motifs is 1. The second-order valence-electron chi connectivity index (χ2n) is 5.46. The van der Waals surface area contributed by atoms with E-state index in [2.05, 4.69) is 48.6 Å². The summed E-state index contributed by atoms with van der Waals surface area (Å²) in [4.78, 5) is 0. The summed E-state index contributed by atoms with van der Waals surface area (Å²) in [6.45, 7) is 5.46. The topological polar surface area (TPSA) is 21.3 Å². The van der Waals surface area contributed by atoms with Crippen LogP contribution in [0, 0.1) is 0 Å². The maximum absolute atomic E-state index is 6.41. The summed E-state index contributed by atoms with van der Waals surface area (Å²) in [5.74, 6) is 0. The summed E-state index contributed by atoms with van der Waals surface area (Å²) in [7, 11) is 0. The molecule has 0 fully saturated rings. The highest BCUT2D eigenvalue weighted by Gasteiger charge is 2.12. The minimum Gasteiger partial charge on any atom is -0.372 e. The average Bonchev–Trinajstić information content (AvgIpc) is 2.96. The van der Waals surface area contributed by atoms with Gasteiger partial charge in [0, 0.05) is 11.6 Å². The molecule has 1 heterocycles. The summed E-state index contributed by atoms with van der Waals surface area (Å²) in [6, 6.07) is 12.8. The van der Waals surface area contributed by atoms with Crippen LogP contribution in [0.1, 0.15) is 30.0 Å². The Bertz CT molecular complexity index is 639. The minimum absolute atomic E-state index is 0.718. The van der Waals surface area contributed by atoms with Crippen molar-refractivity contribution in [2.24, 2.45) is 0 Å². The van der Waals surface area contributed by atoms with Gasteiger partial charge in [0.2, 0.25) is 0 Å². The van der Waals surface area contributed by atoms with E-state index >= 15 is 0 Å². The van der Waals surface area contributed by atoms with Gasteiger partial charge in [0.1, 0.15) is 0 Å². The number of nitrogens with one attached hydrogen (secondary N) is 1. The maximum Gasteiger partial charge on any atom is 0.0725 e. The van der Waals surface area contributed by atoms with Crippen molar-refractivity contribution in [3.05, 3.63) is 58.1 Å². The van der Waals surface area contributed by atoms with Crippen molar-refractivity contribution >= 4 is 11.6 Å². The predicted molar refractivity (Wildman–Crippen MR) is 87.4 cm³/mol. The van der Waals surface area contributed by atoms with Gasteiger partial charge in [-0.3, -0.25) is 0 Å². The third-order valence-corrected chi connectivity index (χ3v) is 4.20. The van der Waals surface area contributed by atoms with Crippen LogP contribution in [0.3, 0.4) is 0 Å². The summed E-state index contributed by atoms with van der Waals surface area (Å²) in [5, 5.41) is 4.21. The molecule has 0 bridgehead atoms. The standard InChI is InChI=1S/C18H20ClNO/c1-2-7-20-10-15-5-3-14(9-18(15)19)13-4-6-16-11-21-12-17(16)8-13/h3-6,8-9,20H,2,7,10-12H2,1H3. The highest BCUT2D eigenvalue weighted by molar-refractivity contribution is 6.31. The Balaban J connectivity index is 1.81. The molecule has 0 atom stereocenters. The van der Waals surface area contributed by atoms with Crippen LogP contribution in [0.2, 0.25) is 5.02 Å². The maximum atomic E-state index is 6.41. The van der Waals surface area contributed by atoms with Gasteiger partial charge in [-0.1, -0.05) is 42.8 Å². The molecule has 0 radical (unpaired) electrons. The van der Waals surface area contributed by atoms with Crippen molar-refractivity contribution in [1.29, 1.82) is 0 Å². The Kier molecular flexibility index (Phi) is 4.59. The van der Waals surface area contributed by atoms with Crippen molar-refractivity contribution in [1.82, 2.24) is 5.32 Å². The minimum atomic E-state index is 0.718. The number of hydrogen-bond acceptors (Lipinski definition) is 2. The highest BCUT2D eigenvalue weighted by Crippen LogP contribution is 2.29. The van der Waals surface area contributed by atoms with E-state index in [0.29, 0.717) is 0 Å². The molecule has 0 aliphatic carbocycles. The van der Waals surface area contributed by atoms with Crippen LogP contribution < -0.4 is 5.32 Å².